The van der Waals surface area contributed by atoms with Gasteiger partial charge in [-0.1, -0.05) is 12.1 Å². The zero-order valence-electron chi connectivity index (χ0n) is 11.6. The third kappa shape index (κ3) is 3.71. The number of benzene rings is 1. The van der Waals surface area contributed by atoms with Gasteiger partial charge in [0.2, 0.25) is 5.96 Å². The third-order valence-corrected chi connectivity index (χ3v) is 4.08. The van der Waals surface area contributed by atoms with Gasteiger partial charge in [-0.3, -0.25) is 4.99 Å². The summed E-state index contributed by atoms with van der Waals surface area (Å²) in [6.45, 7) is 5.05. The summed E-state index contributed by atoms with van der Waals surface area (Å²) in [7, 11) is -3.52. The minimum absolute atomic E-state index is 0.195. The Hall–Kier alpha value is -1.60. The Morgan fingerprint density at radius 1 is 1.30 bits per heavy atom. The number of para-hydroxylation sites is 1. The second kappa shape index (κ2) is 6.23. The van der Waals surface area contributed by atoms with Gasteiger partial charge in [-0.15, -0.1) is 0 Å². The highest BCUT2D eigenvalue weighted by Gasteiger charge is 2.25. The van der Waals surface area contributed by atoms with Crippen LogP contribution in [0.1, 0.15) is 20.3 Å². The third-order valence-electron chi connectivity index (χ3n) is 2.68. The van der Waals surface area contributed by atoms with E-state index in [-0.39, 0.29) is 17.0 Å². The molecule has 1 aliphatic rings. The molecule has 0 radical (unpaired) electrons. The Morgan fingerprint density at radius 3 is 2.80 bits per heavy atom. The van der Waals surface area contributed by atoms with Crippen molar-refractivity contribution in [3.8, 4) is 0 Å². The first-order chi connectivity index (χ1) is 9.49. The number of sulfonamides is 1. The van der Waals surface area contributed by atoms with Gasteiger partial charge in [-0.2, -0.15) is 0 Å². The Bertz CT molecular complexity index is 597. The SMILES string of the molecule is CC(C)OCCCN=C1Nc2ccccc2S(=O)(=O)N1. The van der Waals surface area contributed by atoms with Gasteiger partial charge in [0.25, 0.3) is 10.0 Å². The summed E-state index contributed by atoms with van der Waals surface area (Å²) in [5.41, 5.74) is 0.545. The molecule has 0 aromatic heterocycles. The predicted octanol–water partition coefficient (Wildman–Crippen LogP) is 1.56. The van der Waals surface area contributed by atoms with Gasteiger partial charge in [0, 0.05) is 13.2 Å². The van der Waals surface area contributed by atoms with E-state index in [1.807, 2.05) is 13.8 Å². The molecule has 0 aliphatic carbocycles. The molecule has 0 amide bonds. The molecule has 2 rings (SSSR count). The van der Waals surface area contributed by atoms with Crippen LogP contribution < -0.4 is 10.0 Å². The van der Waals surface area contributed by atoms with Crippen molar-refractivity contribution in [2.24, 2.45) is 4.99 Å². The van der Waals surface area contributed by atoms with Gasteiger partial charge in [-0.05, 0) is 32.4 Å². The molecular formula is C13H19N3O3S. The van der Waals surface area contributed by atoms with E-state index in [1.165, 1.54) is 0 Å². The van der Waals surface area contributed by atoms with E-state index in [9.17, 15) is 8.42 Å². The Morgan fingerprint density at radius 2 is 2.05 bits per heavy atom. The van der Waals surface area contributed by atoms with Crippen LogP contribution >= 0.6 is 0 Å². The predicted molar refractivity (Wildman–Crippen MR) is 78.4 cm³/mol. The fourth-order valence-electron chi connectivity index (χ4n) is 1.79. The number of ether oxygens (including phenoxy) is 1. The summed E-state index contributed by atoms with van der Waals surface area (Å²) in [6.07, 6.45) is 0.938. The zero-order chi connectivity index (χ0) is 14.6. The molecule has 0 saturated heterocycles. The van der Waals surface area contributed by atoms with Crippen LogP contribution in [0.15, 0.2) is 34.2 Å². The smallest absolute Gasteiger partial charge is 0.266 e. The fraction of sp³-hybridized carbons (Fsp3) is 0.462. The van der Waals surface area contributed by atoms with E-state index in [0.717, 1.165) is 6.42 Å². The number of anilines is 1. The molecule has 6 nitrogen and oxygen atoms in total. The zero-order valence-corrected chi connectivity index (χ0v) is 12.4. The van der Waals surface area contributed by atoms with Crippen molar-refractivity contribution in [2.75, 3.05) is 18.5 Å². The van der Waals surface area contributed by atoms with Crippen molar-refractivity contribution in [3.05, 3.63) is 24.3 Å². The highest BCUT2D eigenvalue weighted by Crippen LogP contribution is 2.23. The molecule has 0 bridgehead atoms. The molecule has 20 heavy (non-hydrogen) atoms. The van der Waals surface area contributed by atoms with Crippen LogP contribution in [0, 0.1) is 0 Å². The molecule has 1 aromatic rings. The number of hydrogen-bond donors (Lipinski definition) is 2. The number of nitrogens with one attached hydrogen (secondary N) is 2. The summed E-state index contributed by atoms with van der Waals surface area (Å²) in [5.74, 6) is 0.258. The van der Waals surface area contributed by atoms with Gasteiger partial charge >= 0.3 is 0 Å². The van der Waals surface area contributed by atoms with Gasteiger partial charge in [0.05, 0.1) is 11.8 Å². The molecule has 1 aliphatic heterocycles. The first-order valence-corrected chi connectivity index (χ1v) is 8.02. The summed E-state index contributed by atoms with van der Waals surface area (Å²) in [4.78, 5) is 4.45. The lowest BCUT2D eigenvalue weighted by Gasteiger charge is -2.21. The highest BCUT2D eigenvalue weighted by molar-refractivity contribution is 7.90. The van der Waals surface area contributed by atoms with Gasteiger partial charge < -0.3 is 10.1 Å². The summed E-state index contributed by atoms with van der Waals surface area (Å²) in [5, 5.41) is 2.97. The molecule has 1 heterocycles. The number of nitrogens with zero attached hydrogens (tertiary/aromatic N) is 1. The van der Waals surface area contributed by atoms with E-state index >= 15 is 0 Å². The summed E-state index contributed by atoms with van der Waals surface area (Å²) in [6, 6.07) is 6.73. The summed E-state index contributed by atoms with van der Waals surface area (Å²) < 4.78 is 31.8. The van der Waals surface area contributed by atoms with Crippen molar-refractivity contribution < 1.29 is 13.2 Å². The molecule has 2 N–H and O–H groups in total. The van der Waals surface area contributed by atoms with Crippen LogP contribution in [0.25, 0.3) is 0 Å². The topological polar surface area (TPSA) is 79.8 Å². The van der Waals surface area contributed by atoms with E-state index in [4.69, 9.17) is 4.74 Å². The van der Waals surface area contributed by atoms with Gasteiger partial charge in [0.1, 0.15) is 4.90 Å². The first kappa shape index (κ1) is 14.8. The lowest BCUT2D eigenvalue weighted by molar-refractivity contribution is 0.0783. The number of rotatable bonds is 5. The van der Waals surface area contributed by atoms with Gasteiger partial charge in [0.15, 0.2) is 0 Å². The average Bonchev–Trinajstić information content (AvgIpc) is 2.37. The monoisotopic (exact) mass is 297 g/mol. The van der Waals surface area contributed by atoms with Crippen LogP contribution in [-0.2, 0) is 14.8 Å². The Kier molecular flexibility index (Phi) is 4.61. The van der Waals surface area contributed by atoms with Crippen LogP contribution in [0.3, 0.4) is 0 Å². The molecule has 110 valence electrons. The second-order valence-corrected chi connectivity index (χ2v) is 6.38. The van der Waals surface area contributed by atoms with Crippen LogP contribution in [-0.4, -0.2) is 33.6 Å². The molecule has 0 spiro atoms. The molecule has 0 atom stereocenters. The van der Waals surface area contributed by atoms with Crippen molar-refractivity contribution in [1.82, 2.24) is 4.72 Å². The lowest BCUT2D eigenvalue weighted by Crippen LogP contribution is -2.40. The standard InChI is InChI=1S/C13H19N3O3S/c1-10(2)19-9-5-8-14-13-15-11-6-3-4-7-12(11)20(17,18)16-13/h3-4,6-7,10H,5,8-9H2,1-2H3,(H2,14,15,16). The summed E-state index contributed by atoms with van der Waals surface area (Å²) >= 11 is 0. The van der Waals surface area contributed by atoms with E-state index in [1.54, 1.807) is 24.3 Å². The van der Waals surface area contributed by atoms with Crippen molar-refractivity contribution in [1.29, 1.82) is 0 Å². The number of guanidine groups is 1. The highest BCUT2D eigenvalue weighted by atomic mass is 32.2. The molecule has 0 fully saturated rings. The maximum Gasteiger partial charge on any atom is 0.266 e. The molecular weight excluding hydrogens is 278 g/mol. The minimum Gasteiger partial charge on any atom is -0.379 e. The Labute approximate surface area is 119 Å². The quantitative estimate of drug-likeness (QED) is 0.808. The van der Waals surface area contributed by atoms with Gasteiger partial charge in [-0.25, -0.2) is 13.1 Å². The minimum atomic E-state index is -3.52. The fourth-order valence-corrected chi connectivity index (χ4v) is 2.93. The van der Waals surface area contributed by atoms with Crippen LogP contribution in [0.4, 0.5) is 5.69 Å². The number of fused-ring (bicyclic) bond motifs is 1. The van der Waals surface area contributed by atoms with E-state index in [2.05, 4.69) is 15.0 Å². The van der Waals surface area contributed by atoms with Crippen LogP contribution in [0.2, 0.25) is 0 Å². The van der Waals surface area contributed by atoms with Crippen molar-refractivity contribution in [2.45, 2.75) is 31.3 Å². The maximum absolute atomic E-state index is 12.0. The molecule has 0 unspecified atom stereocenters. The van der Waals surface area contributed by atoms with Crippen LogP contribution in [0.5, 0.6) is 0 Å². The average molecular weight is 297 g/mol. The normalized spacial score (nSPS) is 18.4. The molecule has 7 heteroatoms. The number of hydrogen-bond acceptors (Lipinski definition) is 4. The maximum atomic E-state index is 12.0. The van der Waals surface area contributed by atoms with Crippen molar-refractivity contribution in [3.63, 3.8) is 0 Å². The largest absolute Gasteiger partial charge is 0.379 e. The van der Waals surface area contributed by atoms with E-state index < -0.39 is 10.0 Å². The molecule has 0 saturated carbocycles. The van der Waals surface area contributed by atoms with Crippen molar-refractivity contribution >= 4 is 21.7 Å². The van der Waals surface area contributed by atoms with E-state index in [0.29, 0.717) is 18.8 Å². The molecule has 1 aromatic carbocycles. The number of aliphatic imine (C=N–C) groups is 1. The first-order valence-electron chi connectivity index (χ1n) is 6.54. The Balaban J connectivity index is 1.99. The lowest BCUT2D eigenvalue weighted by atomic mass is 10.3. The second-order valence-electron chi connectivity index (χ2n) is 4.73.